The Morgan fingerprint density at radius 3 is 2.50 bits per heavy atom. The van der Waals surface area contributed by atoms with E-state index >= 15 is 0 Å². The van der Waals surface area contributed by atoms with Crippen LogP contribution in [0.5, 0.6) is 5.75 Å². The van der Waals surface area contributed by atoms with Gasteiger partial charge in [0.05, 0.1) is 0 Å². The standard InChI is InChI=1S/C11H17NO.ClH/c1-3-9-7-5-6-8-10(9)13-11(12)4-2;/h5-8,11H,3-4,12H2,1-2H3;1H. The predicted molar refractivity (Wildman–Crippen MR) is 62.0 cm³/mol. The molecule has 3 heteroatoms. The summed E-state index contributed by atoms with van der Waals surface area (Å²) >= 11 is 0. The van der Waals surface area contributed by atoms with Gasteiger partial charge in [-0.15, -0.1) is 12.4 Å². The Morgan fingerprint density at radius 1 is 1.29 bits per heavy atom. The van der Waals surface area contributed by atoms with Crippen molar-refractivity contribution in [1.29, 1.82) is 0 Å². The smallest absolute Gasteiger partial charge is 0.147 e. The molecular weight excluding hydrogens is 198 g/mol. The van der Waals surface area contributed by atoms with E-state index in [-0.39, 0.29) is 18.6 Å². The Hall–Kier alpha value is -0.730. The van der Waals surface area contributed by atoms with Crippen LogP contribution in [0.2, 0.25) is 0 Å². The van der Waals surface area contributed by atoms with E-state index in [4.69, 9.17) is 10.5 Å². The molecule has 0 heterocycles. The summed E-state index contributed by atoms with van der Waals surface area (Å²) in [6, 6.07) is 8.02. The Labute approximate surface area is 91.9 Å². The Balaban J connectivity index is 0.00000169. The number of benzene rings is 1. The molecule has 2 N–H and O–H groups in total. The van der Waals surface area contributed by atoms with Gasteiger partial charge in [-0.05, 0) is 24.5 Å². The molecule has 80 valence electrons. The summed E-state index contributed by atoms with van der Waals surface area (Å²) in [5.74, 6) is 0.916. The van der Waals surface area contributed by atoms with Gasteiger partial charge in [0.1, 0.15) is 12.0 Å². The van der Waals surface area contributed by atoms with Crippen molar-refractivity contribution in [3.05, 3.63) is 29.8 Å². The predicted octanol–water partition coefficient (Wildman–Crippen LogP) is 2.74. The van der Waals surface area contributed by atoms with E-state index in [0.29, 0.717) is 0 Å². The molecule has 2 nitrogen and oxygen atoms in total. The first-order valence-electron chi connectivity index (χ1n) is 4.78. The van der Waals surface area contributed by atoms with Crippen molar-refractivity contribution in [1.82, 2.24) is 0 Å². The molecule has 0 fully saturated rings. The van der Waals surface area contributed by atoms with E-state index in [2.05, 4.69) is 13.0 Å². The molecule has 0 aromatic heterocycles. The second kappa shape index (κ2) is 6.68. The van der Waals surface area contributed by atoms with Gasteiger partial charge in [0.25, 0.3) is 0 Å². The minimum Gasteiger partial charge on any atom is -0.475 e. The third kappa shape index (κ3) is 3.56. The minimum atomic E-state index is -0.187. The second-order valence-electron chi connectivity index (χ2n) is 3.03. The Kier molecular flexibility index (Phi) is 6.34. The van der Waals surface area contributed by atoms with Gasteiger partial charge < -0.3 is 4.74 Å². The van der Waals surface area contributed by atoms with Crippen LogP contribution in [0.15, 0.2) is 24.3 Å². The summed E-state index contributed by atoms with van der Waals surface area (Å²) in [5, 5.41) is 0. The summed E-state index contributed by atoms with van der Waals surface area (Å²) in [5.41, 5.74) is 6.92. The molecule has 0 bridgehead atoms. The molecular formula is C11H18ClNO. The van der Waals surface area contributed by atoms with Gasteiger partial charge in [-0.2, -0.15) is 0 Å². The van der Waals surface area contributed by atoms with Gasteiger partial charge in [0, 0.05) is 0 Å². The molecule has 14 heavy (non-hydrogen) atoms. The maximum Gasteiger partial charge on any atom is 0.147 e. The zero-order chi connectivity index (χ0) is 9.68. The van der Waals surface area contributed by atoms with E-state index < -0.39 is 0 Å². The molecule has 1 aromatic rings. The van der Waals surface area contributed by atoms with E-state index in [1.165, 1.54) is 5.56 Å². The normalized spacial score (nSPS) is 11.6. The quantitative estimate of drug-likeness (QED) is 0.784. The van der Waals surface area contributed by atoms with E-state index in [1.807, 2.05) is 25.1 Å². The van der Waals surface area contributed by atoms with Crippen LogP contribution in [0.4, 0.5) is 0 Å². The lowest BCUT2D eigenvalue weighted by molar-refractivity contribution is 0.203. The van der Waals surface area contributed by atoms with Gasteiger partial charge in [0.2, 0.25) is 0 Å². The Morgan fingerprint density at radius 2 is 1.93 bits per heavy atom. The van der Waals surface area contributed by atoms with Crippen molar-refractivity contribution in [2.75, 3.05) is 0 Å². The molecule has 1 unspecified atom stereocenters. The molecule has 1 rings (SSSR count). The van der Waals surface area contributed by atoms with Gasteiger partial charge >= 0.3 is 0 Å². The summed E-state index contributed by atoms with van der Waals surface area (Å²) in [6.07, 6.45) is 1.62. The summed E-state index contributed by atoms with van der Waals surface area (Å²) in [7, 11) is 0. The zero-order valence-electron chi connectivity index (χ0n) is 8.69. The van der Waals surface area contributed by atoms with Crippen LogP contribution < -0.4 is 10.5 Å². The monoisotopic (exact) mass is 215 g/mol. The summed E-state index contributed by atoms with van der Waals surface area (Å²) in [6.45, 7) is 4.12. The van der Waals surface area contributed by atoms with Crippen molar-refractivity contribution >= 4 is 12.4 Å². The van der Waals surface area contributed by atoms with Crippen LogP contribution in [-0.4, -0.2) is 6.23 Å². The van der Waals surface area contributed by atoms with Crippen LogP contribution in [0, 0.1) is 0 Å². The first-order chi connectivity index (χ1) is 6.27. The third-order valence-corrected chi connectivity index (χ3v) is 2.03. The molecule has 0 aliphatic rings. The zero-order valence-corrected chi connectivity index (χ0v) is 9.51. The van der Waals surface area contributed by atoms with Crippen molar-refractivity contribution in [2.45, 2.75) is 32.9 Å². The number of hydrogen-bond acceptors (Lipinski definition) is 2. The largest absolute Gasteiger partial charge is 0.475 e. The lowest BCUT2D eigenvalue weighted by Gasteiger charge is -2.14. The fraction of sp³-hybridized carbons (Fsp3) is 0.455. The molecule has 0 amide bonds. The number of aryl methyl sites for hydroxylation is 1. The number of ether oxygens (including phenoxy) is 1. The average Bonchev–Trinajstić information content (AvgIpc) is 2.18. The fourth-order valence-electron chi connectivity index (χ4n) is 1.16. The highest BCUT2D eigenvalue weighted by molar-refractivity contribution is 5.85. The van der Waals surface area contributed by atoms with Gasteiger partial charge in [-0.1, -0.05) is 32.0 Å². The van der Waals surface area contributed by atoms with E-state index in [1.54, 1.807) is 0 Å². The highest BCUT2D eigenvalue weighted by Gasteiger charge is 2.04. The first kappa shape index (κ1) is 13.3. The van der Waals surface area contributed by atoms with Crippen LogP contribution >= 0.6 is 12.4 Å². The average molecular weight is 216 g/mol. The van der Waals surface area contributed by atoms with Crippen molar-refractivity contribution in [2.24, 2.45) is 5.73 Å². The summed E-state index contributed by atoms with van der Waals surface area (Å²) < 4.78 is 5.56. The molecule has 1 aromatic carbocycles. The molecule has 0 aliphatic heterocycles. The number of para-hydroxylation sites is 1. The lowest BCUT2D eigenvalue weighted by Crippen LogP contribution is -2.26. The van der Waals surface area contributed by atoms with Crippen LogP contribution in [0.3, 0.4) is 0 Å². The highest BCUT2D eigenvalue weighted by atomic mass is 35.5. The van der Waals surface area contributed by atoms with Crippen LogP contribution in [0.1, 0.15) is 25.8 Å². The van der Waals surface area contributed by atoms with Crippen molar-refractivity contribution in [3.8, 4) is 5.75 Å². The van der Waals surface area contributed by atoms with Gasteiger partial charge in [-0.25, -0.2) is 0 Å². The summed E-state index contributed by atoms with van der Waals surface area (Å²) in [4.78, 5) is 0. The van der Waals surface area contributed by atoms with Crippen molar-refractivity contribution < 1.29 is 4.74 Å². The highest BCUT2D eigenvalue weighted by Crippen LogP contribution is 2.19. The van der Waals surface area contributed by atoms with Crippen molar-refractivity contribution in [3.63, 3.8) is 0 Å². The van der Waals surface area contributed by atoms with Crippen LogP contribution in [-0.2, 0) is 6.42 Å². The van der Waals surface area contributed by atoms with Gasteiger partial charge in [0.15, 0.2) is 0 Å². The molecule has 0 aliphatic carbocycles. The number of hydrogen-bond donors (Lipinski definition) is 1. The SMILES string of the molecule is CCc1ccccc1OC(N)CC.Cl. The maximum absolute atomic E-state index is 5.71. The van der Waals surface area contributed by atoms with E-state index in [9.17, 15) is 0 Å². The molecule has 1 atom stereocenters. The topological polar surface area (TPSA) is 35.2 Å². The number of rotatable bonds is 4. The second-order valence-corrected chi connectivity index (χ2v) is 3.03. The third-order valence-electron chi connectivity index (χ3n) is 2.03. The molecule has 0 saturated heterocycles. The molecule has 0 radical (unpaired) electrons. The number of nitrogens with two attached hydrogens (primary N) is 1. The Bertz CT molecular complexity index is 265. The minimum absolute atomic E-state index is 0. The maximum atomic E-state index is 5.71. The van der Waals surface area contributed by atoms with Crippen LogP contribution in [0.25, 0.3) is 0 Å². The molecule has 0 spiro atoms. The fourth-order valence-corrected chi connectivity index (χ4v) is 1.16. The molecule has 0 saturated carbocycles. The first-order valence-corrected chi connectivity index (χ1v) is 4.78. The lowest BCUT2D eigenvalue weighted by atomic mass is 10.1. The van der Waals surface area contributed by atoms with E-state index in [0.717, 1.165) is 18.6 Å². The number of halogens is 1. The van der Waals surface area contributed by atoms with Gasteiger partial charge in [-0.3, -0.25) is 5.73 Å².